The van der Waals surface area contributed by atoms with Gasteiger partial charge in [-0.25, -0.2) is 4.98 Å². The number of rotatable bonds is 7. The Kier molecular flexibility index (Phi) is 5.26. The standard InChI is InChI=1S/C16H20N2O3/c1-12-5-4-6-16(18-12)17-7-8-21-15-10-13(19-2)9-14(11-15)20-3/h4-6,9-11H,7-8H2,1-3H3,(H,17,18). The van der Waals surface area contributed by atoms with E-state index in [4.69, 9.17) is 14.2 Å². The predicted molar refractivity (Wildman–Crippen MR) is 82.5 cm³/mol. The van der Waals surface area contributed by atoms with Crippen LogP contribution in [0.4, 0.5) is 5.82 Å². The molecule has 0 saturated carbocycles. The maximum absolute atomic E-state index is 5.69. The van der Waals surface area contributed by atoms with Crippen LogP contribution in [-0.4, -0.2) is 32.4 Å². The van der Waals surface area contributed by atoms with Crippen molar-refractivity contribution in [1.29, 1.82) is 0 Å². The Balaban J connectivity index is 1.85. The lowest BCUT2D eigenvalue weighted by molar-refractivity contribution is 0.324. The summed E-state index contributed by atoms with van der Waals surface area (Å²) in [7, 11) is 3.23. The van der Waals surface area contributed by atoms with E-state index in [2.05, 4.69) is 10.3 Å². The van der Waals surface area contributed by atoms with E-state index in [1.807, 2.05) is 43.3 Å². The first-order valence-corrected chi connectivity index (χ1v) is 6.74. The third-order valence-corrected chi connectivity index (χ3v) is 2.89. The van der Waals surface area contributed by atoms with E-state index in [1.165, 1.54) is 0 Å². The lowest BCUT2D eigenvalue weighted by Gasteiger charge is -2.11. The average molecular weight is 288 g/mol. The number of nitrogens with one attached hydrogen (secondary N) is 1. The Morgan fingerprint density at radius 2 is 1.67 bits per heavy atom. The molecule has 0 spiro atoms. The highest BCUT2D eigenvalue weighted by Gasteiger charge is 2.02. The maximum Gasteiger partial charge on any atom is 0.126 e. The van der Waals surface area contributed by atoms with E-state index in [9.17, 15) is 0 Å². The second kappa shape index (κ2) is 7.38. The molecule has 0 aliphatic carbocycles. The zero-order valence-corrected chi connectivity index (χ0v) is 12.6. The summed E-state index contributed by atoms with van der Waals surface area (Å²) in [6.45, 7) is 3.14. The van der Waals surface area contributed by atoms with Crippen molar-refractivity contribution in [2.45, 2.75) is 6.92 Å². The fraction of sp³-hybridized carbons (Fsp3) is 0.312. The van der Waals surface area contributed by atoms with Crippen molar-refractivity contribution in [3.8, 4) is 17.2 Å². The minimum absolute atomic E-state index is 0.520. The lowest BCUT2D eigenvalue weighted by atomic mass is 10.3. The first-order valence-electron chi connectivity index (χ1n) is 6.74. The van der Waals surface area contributed by atoms with Gasteiger partial charge in [-0.3, -0.25) is 0 Å². The zero-order valence-electron chi connectivity index (χ0n) is 12.6. The number of benzene rings is 1. The topological polar surface area (TPSA) is 52.6 Å². The Morgan fingerprint density at radius 1 is 1.00 bits per heavy atom. The van der Waals surface area contributed by atoms with Gasteiger partial charge >= 0.3 is 0 Å². The van der Waals surface area contributed by atoms with Gasteiger partial charge in [-0.15, -0.1) is 0 Å². The molecule has 0 aliphatic heterocycles. The highest BCUT2D eigenvalue weighted by atomic mass is 16.5. The van der Waals surface area contributed by atoms with Gasteiger partial charge in [0.05, 0.1) is 20.8 Å². The third kappa shape index (κ3) is 4.56. The van der Waals surface area contributed by atoms with Crippen molar-refractivity contribution in [3.05, 3.63) is 42.1 Å². The smallest absolute Gasteiger partial charge is 0.126 e. The minimum Gasteiger partial charge on any atom is -0.496 e. The molecule has 2 rings (SSSR count). The van der Waals surface area contributed by atoms with E-state index in [1.54, 1.807) is 14.2 Å². The highest BCUT2D eigenvalue weighted by Crippen LogP contribution is 2.27. The van der Waals surface area contributed by atoms with Crippen LogP contribution in [0, 0.1) is 6.92 Å². The van der Waals surface area contributed by atoms with Crippen LogP contribution in [0.5, 0.6) is 17.2 Å². The molecule has 0 fully saturated rings. The van der Waals surface area contributed by atoms with Gasteiger partial charge < -0.3 is 19.5 Å². The molecule has 5 nitrogen and oxygen atoms in total. The summed E-state index contributed by atoms with van der Waals surface area (Å²) in [6.07, 6.45) is 0. The van der Waals surface area contributed by atoms with Crippen LogP contribution in [0.2, 0.25) is 0 Å². The number of pyridine rings is 1. The number of methoxy groups -OCH3 is 2. The fourth-order valence-electron chi connectivity index (χ4n) is 1.85. The van der Waals surface area contributed by atoms with Gasteiger partial charge in [0.2, 0.25) is 0 Å². The second-order valence-electron chi connectivity index (χ2n) is 4.49. The highest BCUT2D eigenvalue weighted by molar-refractivity contribution is 5.42. The number of nitrogens with zero attached hydrogens (tertiary/aromatic N) is 1. The SMILES string of the molecule is COc1cc(OC)cc(OCCNc2cccc(C)n2)c1. The van der Waals surface area contributed by atoms with Gasteiger partial charge in [0, 0.05) is 23.9 Å². The number of ether oxygens (including phenoxy) is 3. The van der Waals surface area contributed by atoms with Crippen LogP contribution in [0.15, 0.2) is 36.4 Å². The van der Waals surface area contributed by atoms with E-state index in [-0.39, 0.29) is 0 Å². The monoisotopic (exact) mass is 288 g/mol. The van der Waals surface area contributed by atoms with Crippen molar-refractivity contribution in [3.63, 3.8) is 0 Å². The third-order valence-electron chi connectivity index (χ3n) is 2.89. The number of aryl methyl sites for hydroxylation is 1. The Labute approximate surface area is 124 Å². The molecule has 5 heteroatoms. The van der Waals surface area contributed by atoms with E-state index in [0.29, 0.717) is 30.4 Å². The largest absolute Gasteiger partial charge is 0.496 e. The van der Waals surface area contributed by atoms with Crippen LogP contribution < -0.4 is 19.5 Å². The summed E-state index contributed by atoms with van der Waals surface area (Å²) in [5.41, 5.74) is 0.985. The van der Waals surface area contributed by atoms with E-state index in [0.717, 1.165) is 11.5 Å². The van der Waals surface area contributed by atoms with Crippen molar-refractivity contribution in [1.82, 2.24) is 4.98 Å². The van der Waals surface area contributed by atoms with Crippen LogP contribution in [-0.2, 0) is 0 Å². The molecule has 0 amide bonds. The number of hydrogen-bond donors (Lipinski definition) is 1. The Bertz CT molecular complexity index is 565. The first-order chi connectivity index (χ1) is 10.2. The summed E-state index contributed by atoms with van der Waals surface area (Å²) >= 11 is 0. The van der Waals surface area contributed by atoms with Gasteiger partial charge in [0.25, 0.3) is 0 Å². The molecule has 2 aromatic rings. The summed E-state index contributed by atoms with van der Waals surface area (Å²) in [5, 5.41) is 3.21. The average Bonchev–Trinajstić information content (AvgIpc) is 2.51. The maximum atomic E-state index is 5.69. The number of anilines is 1. The predicted octanol–water partition coefficient (Wildman–Crippen LogP) is 2.90. The number of hydrogen-bond acceptors (Lipinski definition) is 5. The molecule has 21 heavy (non-hydrogen) atoms. The quantitative estimate of drug-likeness (QED) is 0.794. The summed E-state index contributed by atoms with van der Waals surface area (Å²) < 4.78 is 16.1. The normalized spacial score (nSPS) is 10.0. The molecule has 1 aromatic carbocycles. The van der Waals surface area contributed by atoms with Gasteiger partial charge in [-0.2, -0.15) is 0 Å². The van der Waals surface area contributed by atoms with Crippen molar-refractivity contribution >= 4 is 5.82 Å². The fourth-order valence-corrected chi connectivity index (χ4v) is 1.85. The summed E-state index contributed by atoms with van der Waals surface area (Å²) in [4.78, 5) is 4.37. The zero-order chi connectivity index (χ0) is 15.1. The molecular weight excluding hydrogens is 268 g/mol. The summed E-state index contributed by atoms with van der Waals surface area (Å²) in [5.74, 6) is 2.97. The second-order valence-corrected chi connectivity index (χ2v) is 4.49. The molecule has 112 valence electrons. The van der Waals surface area contributed by atoms with Crippen LogP contribution in [0.1, 0.15) is 5.69 Å². The minimum atomic E-state index is 0.520. The van der Waals surface area contributed by atoms with Crippen LogP contribution >= 0.6 is 0 Å². The van der Waals surface area contributed by atoms with Crippen molar-refractivity contribution in [2.24, 2.45) is 0 Å². The van der Waals surface area contributed by atoms with Gasteiger partial charge in [0.1, 0.15) is 29.7 Å². The molecule has 0 bridgehead atoms. The molecule has 1 heterocycles. The Hall–Kier alpha value is -2.43. The van der Waals surface area contributed by atoms with Gasteiger partial charge in [-0.1, -0.05) is 6.07 Å². The number of aromatic nitrogens is 1. The summed E-state index contributed by atoms with van der Waals surface area (Å²) in [6, 6.07) is 11.3. The van der Waals surface area contributed by atoms with Crippen molar-refractivity contribution < 1.29 is 14.2 Å². The molecule has 0 aliphatic rings. The Morgan fingerprint density at radius 3 is 2.29 bits per heavy atom. The lowest BCUT2D eigenvalue weighted by Crippen LogP contribution is -2.12. The molecule has 1 N–H and O–H groups in total. The van der Waals surface area contributed by atoms with Crippen LogP contribution in [0.25, 0.3) is 0 Å². The van der Waals surface area contributed by atoms with Crippen molar-refractivity contribution in [2.75, 3.05) is 32.7 Å². The molecule has 0 radical (unpaired) electrons. The molecular formula is C16H20N2O3. The molecule has 0 unspecified atom stereocenters. The van der Waals surface area contributed by atoms with E-state index >= 15 is 0 Å². The van der Waals surface area contributed by atoms with Gasteiger partial charge in [0.15, 0.2) is 0 Å². The van der Waals surface area contributed by atoms with Crippen LogP contribution in [0.3, 0.4) is 0 Å². The molecule has 0 saturated heterocycles. The molecule has 1 aromatic heterocycles. The van der Waals surface area contributed by atoms with Gasteiger partial charge in [-0.05, 0) is 19.1 Å². The molecule has 0 atom stereocenters. The first kappa shape index (κ1) is 15.0. The van der Waals surface area contributed by atoms with E-state index < -0.39 is 0 Å².